The molecule has 9 heteroatoms. The summed E-state index contributed by atoms with van der Waals surface area (Å²) < 4.78 is 33.3. The van der Waals surface area contributed by atoms with Gasteiger partial charge in [-0.2, -0.15) is 0 Å². The van der Waals surface area contributed by atoms with Crippen LogP contribution in [0.3, 0.4) is 0 Å². The third-order valence-corrected chi connectivity index (χ3v) is 8.93. The first-order valence-corrected chi connectivity index (χ1v) is 21.3. The Morgan fingerprint density at radius 2 is 1.12 bits per heavy atom. The number of carbonyl (C=O) groups is 1. The van der Waals surface area contributed by atoms with E-state index in [-0.39, 0.29) is 32.3 Å². The molecule has 0 aliphatic carbocycles. The number of rotatable bonds is 37. The highest BCUT2D eigenvalue weighted by atomic mass is 31.2. The fraction of sp³-hybridized carbons (Fsp3) is 0.732. The van der Waals surface area contributed by atoms with Crippen molar-refractivity contribution < 1.29 is 32.8 Å². The minimum absolute atomic E-state index is 0.0949. The molecule has 8 nitrogen and oxygen atoms in total. The second-order valence-corrected chi connectivity index (χ2v) is 14.2. The topological polar surface area (TPSA) is 117 Å². The van der Waals surface area contributed by atoms with Gasteiger partial charge in [0.05, 0.1) is 19.8 Å². The average molecular weight is 724 g/mol. The highest BCUT2D eigenvalue weighted by molar-refractivity contribution is 7.47. The van der Waals surface area contributed by atoms with Crippen LogP contribution in [0, 0.1) is 0 Å². The minimum Gasteiger partial charge on any atom is -0.457 e. The van der Waals surface area contributed by atoms with Crippen LogP contribution in [0.15, 0.2) is 60.8 Å². The maximum atomic E-state index is 12.5. The zero-order valence-corrected chi connectivity index (χ0v) is 32.8. The van der Waals surface area contributed by atoms with Crippen LogP contribution < -0.4 is 5.73 Å². The number of carbonyl (C=O) groups excluding carboxylic acids is 1. The van der Waals surface area contributed by atoms with Gasteiger partial charge in [0.25, 0.3) is 0 Å². The molecule has 0 aliphatic rings. The molecule has 0 heterocycles. The first-order valence-electron chi connectivity index (χ1n) is 19.8. The van der Waals surface area contributed by atoms with E-state index in [1.165, 1.54) is 51.4 Å². The number of nitrogens with two attached hydrogens (primary N) is 1. The Kier molecular flexibility index (Phi) is 37.0. The number of phosphoric acid groups is 1. The molecule has 0 fully saturated rings. The van der Waals surface area contributed by atoms with Gasteiger partial charge in [0.15, 0.2) is 0 Å². The van der Waals surface area contributed by atoms with Crippen LogP contribution in [-0.2, 0) is 27.9 Å². The molecule has 0 saturated carbocycles. The Hall–Kier alpha value is -1.80. The summed E-state index contributed by atoms with van der Waals surface area (Å²) in [5, 5.41) is 0. The first-order chi connectivity index (χ1) is 24.4. The Balaban J connectivity index is 4.09. The van der Waals surface area contributed by atoms with E-state index in [1.54, 1.807) is 0 Å². The number of allylic oxidation sites excluding steroid dienone is 10. The molecule has 2 atom stereocenters. The van der Waals surface area contributed by atoms with E-state index in [1.807, 2.05) is 0 Å². The number of hydrogen-bond donors (Lipinski definition) is 2. The monoisotopic (exact) mass is 724 g/mol. The predicted octanol–water partition coefficient (Wildman–Crippen LogP) is 11.4. The van der Waals surface area contributed by atoms with E-state index in [2.05, 4.69) is 74.6 Å². The molecule has 290 valence electrons. The zero-order chi connectivity index (χ0) is 36.6. The smallest absolute Gasteiger partial charge is 0.457 e. The summed E-state index contributed by atoms with van der Waals surface area (Å²) in [5.41, 5.74) is 5.35. The van der Waals surface area contributed by atoms with Crippen molar-refractivity contribution in [3.8, 4) is 0 Å². The fourth-order valence-corrected chi connectivity index (χ4v) is 5.85. The van der Waals surface area contributed by atoms with Crippen LogP contribution in [0.4, 0.5) is 0 Å². The summed E-state index contributed by atoms with van der Waals surface area (Å²) in [4.78, 5) is 22.4. The summed E-state index contributed by atoms with van der Waals surface area (Å²) in [6.45, 7) is 4.76. The third-order valence-electron chi connectivity index (χ3n) is 7.95. The average Bonchev–Trinajstić information content (AvgIpc) is 3.10. The summed E-state index contributed by atoms with van der Waals surface area (Å²) >= 11 is 0. The quantitative estimate of drug-likeness (QED) is 0.0281. The Bertz CT molecular complexity index is 947. The molecule has 0 spiro atoms. The maximum Gasteiger partial charge on any atom is 0.472 e. The van der Waals surface area contributed by atoms with Crippen molar-refractivity contribution in [2.24, 2.45) is 5.73 Å². The van der Waals surface area contributed by atoms with Gasteiger partial charge in [0.2, 0.25) is 0 Å². The summed E-state index contributed by atoms with van der Waals surface area (Å²) in [7, 11) is -4.28. The number of hydrogen-bond acceptors (Lipinski definition) is 7. The van der Waals surface area contributed by atoms with Gasteiger partial charge in [-0.05, 0) is 57.8 Å². The predicted molar refractivity (Wildman–Crippen MR) is 210 cm³/mol. The van der Waals surface area contributed by atoms with Gasteiger partial charge in [-0.1, -0.05) is 152 Å². The standard InChI is InChI=1S/C41H74NO7P/c1-3-5-7-9-11-13-15-16-17-18-19-20-21-22-23-24-25-26-28-30-32-34-41(43)49-40(39-48-50(44,45)47-37-35-42)38-46-36-33-31-29-27-14-12-10-8-6-4-2/h5,7,11,13,16-17,19-20,22-23,40H,3-4,6,8-10,12,14-15,18,21,24-39,42H2,1-2H3,(H,44,45)/b7-5-,13-11-,17-16-,20-19-,23-22-. The zero-order valence-electron chi connectivity index (χ0n) is 31.9. The van der Waals surface area contributed by atoms with Crippen LogP contribution in [0.1, 0.15) is 155 Å². The molecule has 0 aliphatic heterocycles. The molecule has 0 aromatic heterocycles. The van der Waals surface area contributed by atoms with Crippen LogP contribution in [-0.4, -0.2) is 49.9 Å². The molecule has 2 unspecified atom stereocenters. The van der Waals surface area contributed by atoms with E-state index >= 15 is 0 Å². The van der Waals surface area contributed by atoms with Crippen LogP contribution in [0.5, 0.6) is 0 Å². The van der Waals surface area contributed by atoms with Gasteiger partial charge in [0, 0.05) is 19.6 Å². The summed E-state index contributed by atoms with van der Waals surface area (Å²) in [5.74, 6) is -0.351. The molecule has 0 aromatic rings. The van der Waals surface area contributed by atoms with Crippen molar-refractivity contribution in [3.05, 3.63) is 60.8 Å². The lowest BCUT2D eigenvalue weighted by Gasteiger charge is -2.20. The highest BCUT2D eigenvalue weighted by Gasteiger charge is 2.25. The van der Waals surface area contributed by atoms with Crippen LogP contribution >= 0.6 is 7.82 Å². The summed E-state index contributed by atoms with van der Waals surface area (Å²) in [6.07, 6.45) is 45.2. The fourth-order valence-electron chi connectivity index (χ4n) is 5.08. The molecule has 0 rings (SSSR count). The molecule has 3 N–H and O–H groups in total. The minimum atomic E-state index is -4.28. The number of ether oxygens (including phenoxy) is 2. The van der Waals surface area contributed by atoms with Crippen molar-refractivity contribution in [2.75, 3.05) is 33.0 Å². The largest absolute Gasteiger partial charge is 0.472 e. The van der Waals surface area contributed by atoms with Crippen molar-refractivity contribution >= 4 is 13.8 Å². The van der Waals surface area contributed by atoms with Gasteiger partial charge >= 0.3 is 13.8 Å². The molecule has 50 heavy (non-hydrogen) atoms. The highest BCUT2D eigenvalue weighted by Crippen LogP contribution is 2.43. The van der Waals surface area contributed by atoms with Gasteiger partial charge in [0.1, 0.15) is 6.10 Å². The number of esters is 1. The normalized spacial score (nSPS) is 14.2. The van der Waals surface area contributed by atoms with E-state index in [0.29, 0.717) is 13.0 Å². The first kappa shape index (κ1) is 48.2. The lowest BCUT2D eigenvalue weighted by atomic mass is 10.1. The molecule has 0 radical (unpaired) electrons. The van der Waals surface area contributed by atoms with Crippen LogP contribution in [0.25, 0.3) is 0 Å². The molecular weight excluding hydrogens is 649 g/mol. The van der Waals surface area contributed by atoms with Gasteiger partial charge in [-0.25, -0.2) is 4.57 Å². The van der Waals surface area contributed by atoms with E-state index in [4.69, 9.17) is 24.3 Å². The number of unbranched alkanes of at least 4 members (excludes halogenated alkanes) is 14. The summed E-state index contributed by atoms with van der Waals surface area (Å²) in [6, 6.07) is 0. The molecule has 0 saturated heterocycles. The molecule has 0 amide bonds. The van der Waals surface area contributed by atoms with Gasteiger partial charge in [-0.3, -0.25) is 13.8 Å². The molecule has 0 aromatic carbocycles. The lowest BCUT2D eigenvalue weighted by molar-refractivity contribution is -0.154. The van der Waals surface area contributed by atoms with Crippen molar-refractivity contribution in [1.29, 1.82) is 0 Å². The van der Waals surface area contributed by atoms with Gasteiger partial charge < -0.3 is 20.1 Å². The van der Waals surface area contributed by atoms with E-state index in [9.17, 15) is 14.3 Å². The lowest BCUT2D eigenvalue weighted by Crippen LogP contribution is -2.28. The van der Waals surface area contributed by atoms with Crippen molar-refractivity contribution in [1.82, 2.24) is 0 Å². The Morgan fingerprint density at radius 1 is 0.620 bits per heavy atom. The third kappa shape index (κ3) is 37.5. The van der Waals surface area contributed by atoms with E-state index < -0.39 is 13.9 Å². The van der Waals surface area contributed by atoms with E-state index in [0.717, 1.165) is 83.5 Å². The van der Waals surface area contributed by atoms with Crippen molar-refractivity contribution in [2.45, 2.75) is 161 Å². The second-order valence-electron chi connectivity index (χ2n) is 12.8. The van der Waals surface area contributed by atoms with Gasteiger partial charge in [-0.15, -0.1) is 0 Å². The number of phosphoric ester groups is 1. The second kappa shape index (κ2) is 38.4. The SMILES string of the molecule is CC/C=C\C/C=C\C/C=C\C/C=C\C/C=C\CCCCCCCC(=O)OC(COCCCCCCCCCCCC)COP(=O)(O)OCCN. The molecule has 0 bridgehead atoms. The maximum absolute atomic E-state index is 12.5. The van der Waals surface area contributed by atoms with Crippen molar-refractivity contribution in [3.63, 3.8) is 0 Å². The van der Waals surface area contributed by atoms with Crippen LogP contribution in [0.2, 0.25) is 0 Å². The Morgan fingerprint density at radius 3 is 1.68 bits per heavy atom. The molecular formula is C41H74NO7P. The Labute approximate surface area is 306 Å².